The number of hydrogen-bond acceptors (Lipinski definition) is 1. The van der Waals surface area contributed by atoms with E-state index >= 15 is 0 Å². The van der Waals surface area contributed by atoms with E-state index in [9.17, 15) is 13.6 Å². The molecule has 80 valence electrons. The van der Waals surface area contributed by atoms with Gasteiger partial charge in [0.15, 0.2) is 0 Å². The molecule has 3 nitrogen and oxygen atoms in total. The molecule has 0 fully saturated rings. The van der Waals surface area contributed by atoms with E-state index in [1.165, 1.54) is 0 Å². The van der Waals surface area contributed by atoms with Gasteiger partial charge in [0, 0.05) is 11.8 Å². The van der Waals surface area contributed by atoms with Crippen molar-refractivity contribution in [3.8, 4) is 0 Å². The number of urea groups is 1. The maximum absolute atomic E-state index is 13.0. The summed E-state index contributed by atoms with van der Waals surface area (Å²) in [6.45, 7) is 5.01. The predicted octanol–water partition coefficient (Wildman–Crippen LogP) is 2.62. The molecule has 2 amide bonds. The van der Waals surface area contributed by atoms with E-state index in [0.717, 1.165) is 18.2 Å². The van der Waals surface area contributed by atoms with Gasteiger partial charge < -0.3 is 10.6 Å². The van der Waals surface area contributed by atoms with Crippen LogP contribution in [-0.4, -0.2) is 6.03 Å². The second kappa shape index (κ2) is 4.54. The fourth-order valence-electron chi connectivity index (χ4n) is 0.941. The highest BCUT2D eigenvalue weighted by molar-refractivity contribution is 5.90. The average Bonchev–Trinajstić information content (AvgIpc) is 2.10. The number of nitrogens with one attached hydrogen (secondary N) is 2. The van der Waals surface area contributed by atoms with Crippen molar-refractivity contribution in [1.29, 1.82) is 0 Å². The molecule has 1 aromatic carbocycles. The maximum atomic E-state index is 13.0. The van der Waals surface area contributed by atoms with E-state index in [1.54, 1.807) is 6.92 Å². The van der Waals surface area contributed by atoms with Crippen LogP contribution in [0.4, 0.5) is 19.3 Å². The van der Waals surface area contributed by atoms with Crippen molar-refractivity contribution >= 4 is 11.7 Å². The van der Waals surface area contributed by atoms with E-state index in [2.05, 4.69) is 17.2 Å². The smallest absolute Gasteiger partial charge is 0.312 e. The molecule has 15 heavy (non-hydrogen) atoms. The third-order valence-corrected chi connectivity index (χ3v) is 1.50. The van der Waals surface area contributed by atoms with Gasteiger partial charge in [0.1, 0.15) is 11.6 Å². The number of halogens is 2. The Morgan fingerprint density at radius 3 is 2.67 bits per heavy atom. The number of anilines is 1. The van der Waals surface area contributed by atoms with E-state index in [4.69, 9.17) is 0 Å². The van der Waals surface area contributed by atoms with Crippen LogP contribution in [0.1, 0.15) is 6.92 Å². The first-order valence-corrected chi connectivity index (χ1v) is 4.17. The Balaban J connectivity index is 2.76. The molecule has 0 heterocycles. The summed E-state index contributed by atoms with van der Waals surface area (Å²) in [5.41, 5.74) is 0.193. The highest BCUT2D eigenvalue weighted by atomic mass is 19.1. The molecule has 2 N–H and O–H groups in total. The van der Waals surface area contributed by atoms with E-state index < -0.39 is 17.7 Å². The summed E-state index contributed by atoms with van der Waals surface area (Å²) in [7, 11) is 0. The van der Waals surface area contributed by atoms with Gasteiger partial charge in [-0.2, -0.15) is 0 Å². The van der Waals surface area contributed by atoms with Crippen molar-refractivity contribution in [1.82, 2.24) is 5.32 Å². The summed E-state index contributed by atoms with van der Waals surface area (Å²) >= 11 is 0. The highest BCUT2D eigenvalue weighted by Crippen LogP contribution is 2.14. The highest BCUT2D eigenvalue weighted by Gasteiger charge is 2.07. The van der Waals surface area contributed by atoms with Gasteiger partial charge in [-0.05, 0) is 19.1 Å². The first-order valence-electron chi connectivity index (χ1n) is 4.17. The van der Waals surface area contributed by atoms with Gasteiger partial charge in [0.05, 0.1) is 5.69 Å². The van der Waals surface area contributed by atoms with Gasteiger partial charge in [0.25, 0.3) is 0 Å². The molecule has 1 aromatic rings. The van der Waals surface area contributed by atoms with Crippen LogP contribution in [-0.2, 0) is 0 Å². The molecule has 0 spiro atoms. The van der Waals surface area contributed by atoms with Gasteiger partial charge in [-0.25, -0.2) is 13.6 Å². The van der Waals surface area contributed by atoms with Crippen LogP contribution in [0.15, 0.2) is 30.5 Å². The predicted molar refractivity (Wildman–Crippen MR) is 53.3 cm³/mol. The number of allylic oxidation sites excluding steroid dienone is 1. The largest absolute Gasteiger partial charge is 0.323 e. The number of rotatable bonds is 2. The van der Waals surface area contributed by atoms with Gasteiger partial charge in [-0.15, -0.1) is 0 Å². The Bertz CT molecular complexity index is 404. The Kier molecular flexibility index (Phi) is 3.38. The molecule has 0 radical (unpaired) electrons. The minimum Gasteiger partial charge on any atom is -0.312 e. The van der Waals surface area contributed by atoms with Crippen LogP contribution < -0.4 is 10.6 Å². The normalized spacial score (nSPS) is 9.53. The van der Waals surface area contributed by atoms with Crippen molar-refractivity contribution in [2.75, 3.05) is 5.32 Å². The summed E-state index contributed by atoms with van der Waals surface area (Å²) in [5.74, 6) is -1.32. The Hall–Kier alpha value is -1.91. The molecule has 0 aliphatic heterocycles. The second-order valence-electron chi connectivity index (χ2n) is 2.98. The van der Waals surface area contributed by atoms with Gasteiger partial charge >= 0.3 is 6.03 Å². The summed E-state index contributed by atoms with van der Waals surface area (Å²) < 4.78 is 25.7. The van der Waals surface area contributed by atoms with Crippen LogP contribution >= 0.6 is 0 Å². The fraction of sp³-hybridized carbons (Fsp3) is 0.100. The quantitative estimate of drug-likeness (QED) is 0.777. The average molecular weight is 212 g/mol. The molecule has 0 unspecified atom stereocenters. The molecule has 1 rings (SSSR count). The zero-order chi connectivity index (χ0) is 11.4. The lowest BCUT2D eigenvalue weighted by Gasteiger charge is -2.07. The Morgan fingerprint density at radius 2 is 2.07 bits per heavy atom. The lowest BCUT2D eigenvalue weighted by molar-refractivity contribution is 0.254. The first-order chi connectivity index (χ1) is 6.99. The topological polar surface area (TPSA) is 41.1 Å². The molecule has 0 atom stereocenters. The summed E-state index contributed by atoms with van der Waals surface area (Å²) in [6.07, 6.45) is 0. The Morgan fingerprint density at radius 1 is 1.40 bits per heavy atom. The zero-order valence-electron chi connectivity index (χ0n) is 8.10. The SMILES string of the molecule is C=C(C)NC(=O)Nc1cc(F)ccc1F. The van der Waals surface area contributed by atoms with Gasteiger partial charge in [-0.3, -0.25) is 0 Å². The second-order valence-corrected chi connectivity index (χ2v) is 2.98. The third-order valence-electron chi connectivity index (χ3n) is 1.50. The minimum absolute atomic E-state index is 0.214. The summed E-state index contributed by atoms with van der Waals surface area (Å²) in [6, 6.07) is 2.14. The summed E-state index contributed by atoms with van der Waals surface area (Å²) in [5, 5.41) is 4.46. The lowest BCUT2D eigenvalue weighted by Crippen LogP contribution is -2.27. The fourth-order valence-corrected chi connectivity index (χ4v) is 0.941. The number of hydrogen-bond donors (Lipinski definition) is 2. The minimum atomic E-state index is -0.701. The molecule has 0 saturated heterocycles. The van der Waals surface area contributed by atoms with Gasteiger partial charge in [-0.1, -0.05) is 6.58 Å². The standard InChI is InChI=1S/C10H10F2N2O/c1-6(2)13-10(15)14-9-5-7(11)3-4-8(9)12/h3-5H,1H2,2H3,(H2,13,14,15). The first kappa shape index (κ1) is 11.2. The third kappa shape index (κ3) is 3.38. The van der Waals surface area contributed by atoms with Gasteiger partial charge in [0.2, 0.25) is 0 Å². The van der Waals surface area contributed by atoms with Crippen LogP contribution in [0.25, 0.3) is 0 Å². The molecular weight excluding hydrogens is 202 g/mol. The monoisotopic (exact) mass is 212 g/mol. The van der Waals surface area contributed by atoms with Crippen molar-refractivity contribution in [2.45, 2.75) is 6.92 Å². The number of amides is 2. The number of carbonyl (C=O) groups excluding carboxylic acids is 1. The molecule has 0 aliphatic carbocycles. The Labute approximate surface area is 85.8 Å². The number of benzene rings is 1. The van der Waals surface area contributed by atoms with E-state index in [0.29, 0.717) is 5.70 Å². The molecule has 0 aliphatic rings. The number of carbonyl (C=O) groups is 1. The van der Waals surface area contributed by atoms with Crippen LogP contribution in [0.2, 0.25) is 0 Å². The molecule has 0 aromatic heterocycles. The molecular formula is C10H10F2N2O. The van der Waals surface area contributed by atoms with E-state index in [-0.39, 0.29) is 5.69 Å². The maximum Gasteiger partial charge on any atom is 0.323 e. The molecule has 0 saturated carbocycles. The van der Waals surface area contributed by atoms with Crippen LogP contribution in [0.5, 0.6) is 0 Å². The molecule has 5 heteroatoms. The summed E-state index contributed by atoms with van der Waals surface area (Å²) in [4.78, 5) is 11.1. The zero-order valence-corrected chi connectivity index (χ0v) is 8.10. The van der Waals surface area contributed by atoms with Crippen molar-refractivity contribution < 1.29 is 13.6 Å². The van der Waals surface area contributed by atoms with Crippen LogP contribution in [0.3, 0.4) is 0 Å². The van der Waals surface area contributed by atoms with Crippen molar-refractivity contribution in [3.63, 3.8) is 0 Å². The van der Waals surface area contributed by atoms with Crippen molar-refractivity contribution in [2.24, 2.45) is 0 Å². The van der Waals surface area contributed by atoms with E-state index in [1.807, 2.05) is 0 Å². The van der Waals surface area contributed by atoms with Crippen molar-refractivity contribution in [3.05, 3.63) is 42.1 Å². The molecule has 0 bridgehead atoms. The van der Waals surface area contributed by atoms with Crippen LogP contribution in [0, 0.1) is 11.6 Å². The lowest BCUT2D eigenvalue weighted by atomic mass is 10.3.